The number of fused-ring (bicyclic) bond motifs is 1. The molecule has 3 aromatic rings. The summed E-state index contributed by atoms with van der Waals surface area (Å²) in [7, 11) is 0. The molecule has 130 valence electrons. The van der Waals surface area contributed by atoms with E-state index in [0.717, 1.165) is 11.3 Å². The number of carbonyl (C=O) groups is 1. The molecule has 0 aliphatic rings. The number of nitrogens with zero attached hydrogens (tertiary/aromatic N) is 3. The molecular formula is C18H12FN3O3S. The molecule has 0 N–H and O–H groups in total. The SMILES string of the molecule is C#CCn1c(=NC(=O)c2cccc([N+](=O)[O-])c2C)sc2cccc(F)c21. The molecule has 1 aromatic heterocycles. The smallest absolute Gasteiger partial charge is 0.280 e. The number of carbonyl (C=O) groups excluding carboxylic acids is 1. The molecule has 3 rings (SSSR count). The Bertz CT molecular complexity index is 1150. The molecule has 1 amide bonds. The maximum Gasteiger partial charge on any atom is 0.280 e. The summed E-state index contributed by atoms with van der Waals surface area (Å²) >= 11 is 1.12. The molecule has 0 fully saturated rings. The van der Waals surface area contributed by atoms with E-state index in [0.29, 0.717) is 4.70 Å². The number of hydrogen-bond donors (Lipinski definition) is 0. The second-order valence-electron chi connectivity index (χ2n) is 5.39. The number of amides is 1. The van der Waals surface area contributed by atoms with Crippen LogP contribution in [-0.4, -0.2) is 15.4 Å². The predicted octanol–water partition coefficient (Wildman–Crippen LogP) is 3.43. The van der Waals surface area contributed by atoms with E-state index in [1.54, 1.807) is 12.1 Å². The lowest BCUT2D eigenvalue weighted by molar-refractivity contribution is -0.385. The van der Waals surface area contributed by atoms with Crippen molar-refractivity contribution >= 4 is 33.1 Å². The van der Waals surface area contributed by atoms with Crippen molar-refractivity contribution in [2.24, 2.45) is 4.99 Å². The minimum absolute atomic E-state index is 0.0426. The zero-order chi connectivity index (χ0) is 18.8. The summed E-state index contributed by atoms with van der Waals surface area (Å²) in [6.07, 6.45) is 5.36. The summed E-state index contributed by atoms with van der Waals surface area (Å²) in [5.41, 5.74) is 0.453. The first-order chi connectivity index (χ1) is 12.4. The molecule has 0 spiro atoms. The maximum absolute atomic E-state index is 14.2. The Labute approximate surface area is 151 Å². The van der Waals surface area contributed by atoms with Gasteiger partial charge in [0.15, 0.2) is 4.80 Å². The highest BCUT2D eigenvalue weighted by Gasteiger charge is 2.18. The van der Waals surface area contributed by atoms with Crippen molar-refractivity contribution in [1.82, 2.24) is 4.57 Å². The molecule has 6 nitrogen and oxygen atoms in total. The first kappa shape index (κ1) is 17.5. The fraction of sp³-hybridized carbons (Fsp3) is 0.111. The minimum atomic E-state index is -0.649. The molecule has 0 aliphatic heterocycles. The van der Waals surface area contributed by atoms with Crippen molar-refractivity contribution in [3.05, 3.63) is 68.3 Å². The summed E-state index contributed by atoms with van der Waals surface area (Å²) < 4.78 is 16.2. The molecule has 0 saturated heterocycles. The van der Waals surface area contributed by atoms with Crippen molar-refractivity contribution in [3.63, 3.8) is 0 Å². The number of halogens is 1. The van der Waals surface area contributed by atoms with Gasteiger partial charge in [0.2, 0.25) is 0 Å². The third-order valence-corrected chi connectivity index (χ3v) is 4.87. The third-order valence-electron chi connectivity index (χ3n) is 3.83. The fourth-order valence-electron chi connectivity index (χ4n) is 2.61. The van der Waals surface area contributed by atoms with Gasteiger partial charge in [-0.15, -0.1) is 6.42 Å². The Hall–Kier alpha value is -3.31. The number of para-hydroxylation sites is 1. The van der Waals surface area contributed by atoms with Gasteiger partial charge in [0.25, 0.3) is 11.6 Å². The van der Waals surface area contributed by atoms with Crippen LogP contribution in [0.2, 0.25) is 0 Å². The van der Waals surface area contributed by atoms with Crippen molar-refractivity contribution in [2.75, 3.05) is 0 Å². The van der Waals surface area contributed by atoms with E-state index < -0.39 is 16.6 Å². The lowest BCUT2D eigenvalue weighted by Crippen LogP contribution is -2.17. The molecule has 2 aromatic carbocycles. The van der Waals surface area contributed by atoms with Crippen LogP contribution in [0.1, 0.15) is 15.9 Å². The monoisotopic (exact) mass is 369 g/mol. The lowest BCUT2D eigenvalue weighted by atomic mass is 10.1. The van der Waals surface area contributed by atoms with E-state index in [9.17, 15) is 19.3 Å². The summed E-state index contributed by atoms with van der Waals surface area (Å²) in [4.78, 5) is 27.4. The highest BCUT2D eigenvalue weighted by molar-refractivity contribution is 7.16. The Balaban J connectivity index is 2.20. The predicted molar refractivity (Wildman–Crippen MR) is 96.3 cm³/mol. The van der Waals surface area contributed by atoms with Crippen LogP contribution in [0.15, 0.2) is 41.4 Å². The van der Waals surface area contributed by atoms with Crippen molar-refractivity contribution < 1.29 is 14.1 Å². The van der Waals surface area contributed by atoms with E-state index in [-0.39, 0.29) is 33.7 Å². The van der Waals surface area contributed by atoms with Crippen LogP contribution in [-0.2, 0) is 6.54 Å². The molecule has 26 heavy (non-hydrogen) atoms. The zero-order valence-electron chi connectivity index (χ0n) is 13.6. The Morgan fingerprint density at radius 2 is 2.12 bits per heavy atom. The molecule has 0 unspecified atom stereocenters. The third kappa shape index (κ3) is 3.00. The number of terminal acetylenes is 1. The molecule has 0 atom stereocenters. The average Bonchev–Trinajstić information content (AvgIpc) is 2.93. The van der Waals surface area contributed by atoms with Crippen LogP contribution in [0.25, 0.3) is 10.2 Å². The highest BCUT2D eigenvalue weighted by atomic mass is 32.1. The molecule has 0 aliphatic carbocycles. The summed E-state index contributed by atoms with van der Waals surface area (Å²) in [6, 6.07) is 8.78. The molecule has 0 radical (unpaired) electrons. The molecule has 8 heteroatoms. The van der Waals surface area contributed by atoms with Gasteiger partial charge in [0.05, 0.1) is 27.2 Å². The van der Waals surface area contributed by atoms with Crippen LogP contribution in [0.3, 0.4) is 0 Å². The zero-order valence-corrected chi connectivity index (χ0v) is 14.4. The second-order valence-corrected chi connectivity index (χ2v) is 6.39. The van der Waals surface area contributed by atoms with Crippen LogP contribution in [0.5, 0.6) is 0 Å². The Morgan fingerprint density at radius 1 is 1.38 bits per heavy atom. The Kier molecular flexibility index (Phi) is 4.65. The normalized spacial score (nSPS) is 11.5. The Morgan fingerprint density at radius 3 is 2.81 bits per heavy atom. The van der Waals surface area contributed by atoms with Gasteiger partial charge in [0, 0.05) is 11.6 Å². The lowest BCUT2D eigenvalue weighted by Gasteiger charge is -2.03. The van der Waals surface area contributed by atoms with Gasteiger partial charge in [0.1, 0.15) is 5.82 Å². The fourth-order valence-corrected chi connectivity index (χ4v) is 3.65. The quantitative estimate of drug-likeness (QED) is 0.403. The van der Waals surface area contributed by atoms with E-state index >= 15 is 0 Å². The summed E-state index contributed by atoms with van der Waals surface area (Å²) in [5, 5.41) is 11.0. The summed E-state index contributed by atoms with van der Waals surface area (Å²) in [6.45, 7) is 1.53. The maximum atomic E-state index is 14.2. The topological polar surface area (TPSA) is 77.5 Å². The number of nitro benzene ring substituents is 1. The minimum Gasteiger partial charge on any atom is -0.302 e. The van der Waals surface area contributed by atoms with Gasteiger partial charge in [-0.05, 0) is 25.1 Å². The van der Waals surface area contributed by atoms with Crippen molar-refractivity contribution in [3.8, 4) is 12.3 Å². The average molecular weight is 369 g/mol. The van der Waals surface area contributed by atoms with Gasteiger partial charge in [-0.1, -0.05) is 29.4 Å². The number of nitro groups is 1. The van der Waals surface area contributed by atoms with Crippen LogP contribution in [0, 0.1) is 35.2 Å². The van der Waals surface area contributed by atoms with Gasteiger partial charge < -0.3 is 4.57 Å². The van der Waals surface area contributed by atoms with E-state index in [1.165, 1.54) is 35.8 Å². The van der Waals surface area contributed by atoms with Gasteiger partial charge >= 0.3 is 0 Å². The van der Waals surface area contributed by atoms with Crippen molar-refractivity contribution in [1.29, 1.82) is 0 Å². The van der Waals surface area contributed by atoms with E-state index in [4.69, 9.17) is 6.42 Å². The summed E-state index contributed by atoms with van der Waals surface area (Å²) in [5.74, 6) is 1.31. The standard InChI is InChI=1S/C18H12FN3O3S/c1-3-10-21-16-13(19)7-5-9-15(16)26-18(21)20-17(23)12-6-4-8-14(11(12)2)22(24)25/h1,4-9H,10H2,2H3. The van der Waals surface area contributed by atoms with Crippen LogP contribution < -0.4 is 4.80 Å². The van der Waals surface area contributed by atoms with Crippen molar-refractivity contribution in [2.45, 2.75) is 13.5 Å². The molecule has 0 bridgehead atoms. The van der Waals surface area contributed by atoms with E-state index in [2.05, 4.69) is 10.9 Å². The highest BCUT2D eigenvalue weighted by Crippen LogP contribution is 2.23. The van der Waals surface area contributed by atoms with Crippen LogP contribution in [0.4, 0.5) is 10.1 Å². The first-order valence-electron chi connectivity index (χ1n) is 7.48. The van der Waals surface area contributed by atoms with Gasteiger partial charge in [-0.25, -0.2) is 4.39 Å². The molecule has 0 saturated carbocycles. The second kappa shape index (κ2) is 6.90. The van der Waals surface area contributed by atoms with E-state index in [1.807, 2.05) is 0 Å². The largest absolute Gasteiger partial charge is 0.302 e. The van der Waals surface area contributed by atoms with Gasteiger partial charge in [-0.2, -0.15) is 4.99 Å². The first-order valence-corrected chi connectivity index (χ1v) is 8.30. The number of aromatic nitrogens is 1. The number of hydrogen-bond acceptors (Lipinski definition) is 4. The number of rotatable bonds is 3. The molecule has 1 heterocycles. The van der Waals surface area contributed by atoms with Crippen LogP contribution >= 0.6 is 11.3 Å². The van der Waals surface area contributed by atoms with Gasteiger partial charge in [-0.3, -0.25) is 14.9 Å². The molecular weight excluding hydrogens is 357 g/mol. The number of thiazole rings is 1. The number of benzene rings is 2.